The molecular weight excluding hydrogens is 386 g/mol. The van der Waals surface area contributed by atoms with Crippen molar-refractivity contribution in [2.45, 2.75) is 0 Å². The van der Waals surface area contributed by atoms with Crippen LogP contribution < -0.4 is 21.3 Å². The van der Waals surface area contributed by atoms with Crippen LogP contribution >= 0.6 is 23.2 Å². The molecule has 0 unspecified atom stereocenters. The zero-order chi connectivity index (χ0) is 19.0. The lowest BCUT2D eigenvalue weighted by Crippen LogP contribution is -2.18. The molecule has 2 aromatic carbocycles. The lowest BCUT2D eigenvalue weighted by Gasteiger charge is -2.13. The van der Waals surface area contributed by atoms with Crippen LogP contribution in [0.1, 0.15) is 0 Å². The molecule has 0 aliphatic carbocycles. The van der Waals surface area contributed by atoms with Gasteiger partial charge in [0.05, 0.1) is 33.6 Å². The topological polar surface area (TPSA) is 99.2 Å². The summed E-state index contributed by atoms with van der Waals surface area (Å²) >= 11 is 12.2. The van der Waals surface area contributed by atoms with Gasteiger partial charge in [-0.15, -0.1) is 0 Å². The fourth-order valence-electron chi connectivity index (χ4n) is 2.33. The van der Waals surface area contributed by atoms with Crippen LogP contribution in [-0.2, 0) is 7.05 Å². The number of benzene rings is 2. The molecular formula is C16H11Cl2FN4O3. The molecule has 10 heteroatoms. The van der Waals surface area contributed by atoms with Crippen molar-refractivity contribution >= 4 is 51.6 Å². The summed E-state index contributed by atoms with van der Waals surface area (Å²) in [5, 5.41) is 3.07. The van der Waals surface area contributed by atoms with E-state index in [4.69, 9.17) is 28.9 Å². The van der Waals surface area contributed by atoms with Crippen molar-refractivity contribution in [3.05, 3.63) is 56.8 Å². The van der Waals surface area contributed by atoms with Gasteiger partial charge in [-0.3, -0.25) is 4.79 Å². The number of carbonyl (C=O) groups excluding carboxylic acids is 1. The van der Waals surface area contributed by atoms with Gasteiger partial charge in [-0.05, 0) is 18.2 Å². The average molecular weight is 397 g/mol. The summed E-state index contributed by atoms with van der Waals surface area (Å²) in [7, 11) is 1.54. The summed E-state index contributed by atoms with van der Waals surface area (Å²) in [4.78, 5) is 27.3. The van der Waals surface area contributed by atoms with E-state index in [9.17, 15) is 14.0 Å². The van der Waals surface area contributed by atoms with Crippen LogP contribution in [0.5, 0.6) is 5.75 Å². The van der Waals surface area contributed by atoms with Crippen LogP contribution in [0.4, 0.5) is 20.6 Å². The van der Waals surface area contributed by atoms with Crippen LogP contribution in [0, 0.1) is 5.82 Å². The van der Waals surface area contributed by atoms with Gasteiger partial charge in [-0.1, -0.05) is 23.2 Å². The second-order valence-corrected chi connectivity index (χ2v) is 6.11. The molecule has 3 N–H and O–H groups in total. The van der Waals surface area contributed by atoms with Crippen molar-refractivity contribution in [1.82, 2.24) is 9.55 Å². The molecule has 3 aromatic rings. The molecule has 0 saturated heterocycles. The number of hydrogen-bond acceptors (Lipinski definition) is 5. The minimum Gasteiger partial charge on any atom is -0.407 e. The molecule has 0 fully saturated rings. The molecule has 0 bridgehead atoms. The van der Waals surface area contributed by atoms with Crippen molar-refractivity contribution in [2.24, 2.45) is 12.8 Å². The molecule has 0 aliphatic heterocycles. The van der Waals surface area contributed by atoms with E-state index < -0.39 is 17.7 Å². The SMILES string of the molecule is Cn1cnc2ccc(Nc3cc(Cl)cc(OC(N)=O)c3F)c(Cl)c2c1=O. The number of rotatable bonds is 3. The van der Waals surface area contributed by atoms with Gasteiger partial charge in [0, 0.05) is 18.1 Å². The summed E-state index contributed by atoms with van der Waals surface area (Å²) in [5.41, 5.74) is 5.08. The van der Waals surface area contributed by atoms with E-state index in [1.165, 1.54) is 30.1 Å². The maximum atomic E-state index is 14.5. The first-order valence-electron chi connectivity index (χ1n) is 7.15. The highest BCUT2D eigenvalue weighted by molar-refractivity contribution is 6.38. The van der Waals surface area contributed by atoms with E-state index in [0.717, 1.165) is 6.07 Å². The predicted molar refractivity (Wildman–Crippen MR) is 96.9 cm³/mol. The second kappa shape index (κ2) is 6.81. The molecule has 26 heavy (non-hydrogen) atoms. The Morgan fingerprint density at radius 1 is 1.31 bits per heavy atom. The first-order chi connectivity index (χ1) is 12.3. The van der Waals surface area contributed by atoms with Crippen molar-refractivity contribution in [3.8, 4) is 5.75 Å². The van der Waals surface area contributed by atoms with Gasteiger partial charge in [-0.2, -0.15) is 0 Å². The van der Waals surface area contributed by atoms with Crippen LogP contribution in [0.15, 0.2) is 35.4 Å². The zero-order valence-electron chi connectivity index (χ0n) is 13.2. The number of nitrogens with two attached hydrogens (primary N) is 1. The van der Waals surface area contributed by atoms with E-state index in [1.807, 2.05) is 0 Å². The van der Waals surface area contributed by atoms with E-state index in [2.05, 4.69) is 15.0 Å². The van der Waals surface area contributed by atoms with Gasteiger partial charge in [0.2, 0.25) is 0 Å². The molecule has 0 spiro atoms. The minimum atomic E-state index is -1.18. The molecule has 1 aromatic heterocycles. The molecule has 0 saturated carbocycles. The van der Waals surface area contributed by atoms with Gasteiger partial charge in [0.25, 0.3) is 5.56 Å². The summed E-state index contributed by atoms with van der Waals surface area (Å²) in [6.45, 7) is 0. The predicted octanol–water partition coefficient (Wildman–Crippen LogP) is 3.58. The second-order valence-electron chi connectivity index (χ2n) is 5.29. The van der Waals surface area contributed by atoms with Crippen LogP contribution in [0.3, 0.4) is 0 Å². The Bertz CT molecular complexity index is 1100. The normalized spacial score (nSPS) is 10.8. The highest BCUT2D eigenvalue weighted by atomic mass is 35.5. The van der Waals surface area contributed by atoms with E-state index in [0.29, 0.717) is 5.52 Å². The molecule has 0 atom stereocenters. The third-order valence-corrected chi connectivity index (χ3v) is 4.12. The Morgan fingerprint density at radius 2 is 2.04 bits per heavy atom. The minimum absolute atomic E-state index is 0.0629. The fourth-order valence-corrected chi connectivity index (χ4v) is 2.83. The van der Waals surface area contributed by atoms with E-state index in [-0.39, 0.29) is 32.4 Å². The van der Waals surface area contributed by atoms with Gasteiger partial charge in [-0.25, -0.2) is 14.2 Å². The first kappa shape index (κ1) is 18.0. The molecule has 134 valence electrons. The number of aromatic nitrogens is 2. The summed E-state index contributed by atoms with van der Waals surface area (Å²) in [5.74, 6) is -1.34. The highest BCUT2D eigenvalue weighted by Crippen LogP contribution is 2.35. The van der Waals surface area contributed by atoms with Crippen molar-refractivity contribution in [2.75, 3.05) is 5.32 Å². The van der Waals surface area contributed by atoms with E-state index >= 15 is 0 Å². The number of fused-ring (bicyclic) bond motifs is 1. The largest absolute Gasteiger partial charge is 0.410 e. The first-order valence-corrected chi connectivity index (χ1v) is 7.90. The maximum absolute atomic E-state index is 14.5. The average Bonchev–Trinajstić information content (AvgIpc) is 2.57. The van der Waals surface area contributed by atoms with Gasteiger partial charge >= 0.3 is 6.09 Å². The Labute approximate surface area is 156 Å². The van der Waals surface area contributed by atoms with Gasteiger partial charge in [0.1, 0.15) is 0 Å². The Morgan fingerprint density at radius 3 is 2.73 bits per heavy atom. The molecule has 0 aliphatic rings. The quantitative estimate of drug-likeness (QED) is 0.704. The van der Waals surface area contributed by atoms with Crippen molar-refractivity contribution in [1.29, 1.82) is 0 Å². The number of aryl methyl sites for hydroxylation is 1. The number of hydrogen-bond donors (Lipinski definition) is 2. The van der Waals surface area contributed by atoms with Crippen LogP contribution in [-0.4, -0.2) is 15.6 Å². The smallest absolute Gasteiger partial charge is 0.407 e. The summed E-state index contributed by atoms with van der Waals surface area (Å²) in [6.07, 6.45) is 0.188. The number of amides is 1. The lowest BCUT2D eigenvalue weighted by molar-refractivity contribution is 0.209. The molecule has 1 heterocycles. The van der Waals surface area contributed by atoms with E-state index in [1.54, 1.807) is 6.07 Å². The number of nitrogens with one attached hydrogen (secondary N) is 1. The monoisotopic (exact) mass is 396 g/mol. The maximum Gasteiger partial charge on any atom is 0.410 e. The van der Waals surface area contributed by atoms with Crippen LogP contribution in [0.2, 0.25) is 10.0 Å². The highest BCUT2D eigenvalue weighted by Gasteiger charge is 2.17. The third kappa shape index (κ3) is 3.29. The standard InChI is InChI=1S/C16H11Cl2FN4O3/c1-23-6-21-8-2-3-9(13(18)12(8)15(23)24)22-10-4-7(17)5-11(14(10)19)26-16(20)25/h2-6,22H,1H3,(H2,20,25). The van der Waals surface area contributed by atoms with Crippen molar-refractivity contribution < 1.29 is 13.9 Å². The molecule has 7 nitrogen and oxygen atoms in total. The zero-order valence-corrected chi connectivity index (χ0v) is 14.7. The van der Waals surface area contributed by atoms with Crippen LogP contribution in [0.25, 0.3) is 10.9 Å². The number of nitrogens with zero attached hydrogens (tertiary/aromatic N) is 2. The summed E-state index contributed by atoms with van der Waals surface area (Å²) in [6, 6.07) is 5.47. The Hall–Kier alpha value is -2.84. The van der Waals surface area contributed by atoms with Crippen molar-refractivity contribution in [3.63, 3.8) is 0 Å². The summed E-state index contributed by atoms with van der Waals surface area (Å²) < 4.78 is 20.4. The van der Waals surface area contributed by atoms with Gasteiger partial charge in [0.15, 0.2) is 11.6 Å². The molecule has 1 amide bonds. The molecule has 0 radical (unpaired) electrons. The number of anilines is 2. The number of carbonyl (C=O) groups is 1. The third-order valence-electron chi connectivity index (χ3n) is 3.51. The lowest BCUT2D eigenvalue weighted by atomic mass is 10.2. The molecule has 3 rings (SSSR count). The number of halogens is 3. The Kier molecular flexibility index (Phi) is 4.71. The fraction of sp³-hybridized carbons (Fsp3) is 0.0625. The Balaban J connectivity index is 2.11. The number of primary amides is 1. The van der Waals surface area contributed by atoms with Gasteiger partial charge < -0.3 is 20.4 Å². The number of ether oxygens (including phenoxy) is 1.